The van der Waals surface area contributed by atoms with Crippen LogP contribution in [0.2, 0.25) is 0 Å². The number of nitrogens with zero attached hydrogens (tertiary/aromatic N) is 1. The lowest BCUT2D eigenvalue weighted by Gasteiger charge is -2.32. The quantitative estimate of drug-likeness (QED) is 0.441. The number of fused-ring (bicyclic) bond motifs is 1. The van der Waals surface area contributed by atoms with Gasteiger partial charge in [-0.1, -0.05) is 42.5 Å². The van der Waals surface area contributed by atoms with Crippen molar-refractivity contribution in [3.63, 3.8) is 0 Å². The lowest BCUT2D eigenvalue weighted by atomic mass is 9.96. The highest BCUT2D eigenvalue weighted by molar-refractivity contribution is 5.97. The summed E-state index contributed by atoms with van der Waals surface area (Å²) < 4.78 is 14.1. The molecule has 0 spiro atoms. The molecule has 0 unspecified atom stereocenters. The standard InChI is InChI=1S/C27H24FN3O2/c28-23-12-3-2-11-22(23)27(33)31-14-6-9-20(17-31)26(32)29-21-10-5-8-18(15-21)25-16-19-7-1-4-13-24(19)30-25/h1-5,7-8,10-13,15-16,20,30H,6,9,14,17H2,(H,29,32)/t20-/m0/s1. The fraction of sp³-hybridized carbons (Fsp3) is 0.185. The molecule has 2 N–H and O–H groups in total. The largest absolute Gasteiger partial charge is 0.355 e. The van der Waals surface area contributed by atoms with Gasteiger partial charge >= 0.3 is 0 Å². The Bertz CT molecular complexity index is 1300. The maximum atomic E-state index is 14.1. The number of hydrogen-bond donors (Lipinski definition) is 2. The van der Waals surface area contributed by atoms with E-state index in [-0.39, 0.29) is 29.8 Å². The predicted molar refractivity (Wildman–Crippen MR) is 127 cm³/mol. The van der Waals surface area contributed by atoms with Crippen LogP contribution >= 0.6 is 0 Å². The molecule has 5 nitrogen and oxygen atoms in total. The van der Waals surface area contributed by atoms with Gasteiger partial charge in [0.15, 0.2) is 0 Å². The van der Waals surface area contributed by atoms with E-state index >= 15 is 0 Å². The number of para-hydroxylation sites is 1. The third kappa shape index (κ3) is 4.37. The number of piperidine rings is 1. The monoisotopic (exact) mass is 441 g/mol. The van der Waals surface area contributed by atoms with Gasteiger partial charge in [0.05, 0.1) is 11.5 Å². The average molecular weight is 442 g/mol. The highest BCUT2D eigenvalue weighted by atomic mass is 19.1. The van der Waals surface area contributed by atoms with E-state index < -0.39 is 5.82 Å². The van der Waals surface area contributed by atoms with Gasteiger partial charge in [0.1, 0.15) is 5.82 Å². The first-order valence-electron chi connectivity index (χ1n) is 11.1. The van der Waals surface area contributed by atoms with Crippen molar-refractivity contribution in [1.29, 1.82) is 0 Å². The Morgan fingerprint density at radius 2 is 1.79 bits per heavy atom. The summed E-state index contributed by atoms with van der Waals surface area (Å²) in [6.45, 7) is 0.799. The number of likely N-dealkylation sites (tertiary alicyclic amines) is 1. The van der Waals surface area contributed by atoms with E-state index in [1.165, 1.54) is 12.1 Å². The molecule has 1 fully saturated rings. The van der Waals surface area contributed by atoms with Crippen LogP contribution in [0.25, 0.3) is 22.2 Å². The van der Waals surface area contributed by atoms with Gasteiger partial charge in [0.25, 0.3) is 5.91 Å². The van der Waals surface area contributed by atoms with E-state index in [9.17, 15) is 14.0 Å². The zero-order valence-electron chi connectivity index (χ0n) is 18.1. The second kappa shape index (κ2) is 8.90. The molecule has 166 valence electrons. The van der Waals surface area contributed by atoms with Gasteiger partial charge in [-0.25, -0.2) is 4.39 Å². The summed E-state index contributed by atoms with van der Waals surface area (Å²) in [5.41, 5.74) is 3.76. The van der Waals surface area contributed by atoms with Crippen LogP contribution in [0, 0.1) is 11.7 Å². The molecule has 1 saturated heterocycles. The van der Waals surface area contributed by atoms with Gasteiger partial charge in [-0.3, -0.25) is 9.59 Å². The molecule has 6 heteroatoms. The summed E-state index contributed by atoms with van der Waals surface area (Å²) in [7, 11) is 0. The molecule has 0 radical (unpaired) electrons. The van der Waals surface area contributed by atoms with E-state index in [2.05, 4.69) is 22.4 Å². The molecule has 0 bridgehead atoms. The van der Waals surface area contributed by atoms with Crippen molar-refractivity contribution in [2.45, 2.75) is 12.8 Å². The maximum absolute atomic E-state index is 14.1. The number of nitrogens with one attached hydrogen (secondary N) is 2. The fourth-order valence-electron chi connectivity index (χ4n) is 4.42. The number of aromatic amines is 1. The lowest BCUT2D eigenvalue weighted by Crippen LogP contribution is -2.44. The third-order valence-electron chi connectivity index (χ3n) is 6.15. The summed E-state index contributed by atoms with van der Waals surface area (Å²) in [5, 5.41) is 4.13. The fourth-order valence-corrected chi connectivity index (χ4v) is 4.42. The Kier molecular flexibility index (Phi) is 5.65. The molecule has 2 amide bonds. The van der Waals surface area contributed by atoms with Crippen LogP contribution < -0.4 is 5.32 Å². The van der Waals surface area contributed by atoms with Crippen LogP contribution in [-0.4, -0.2) is 34.8 Å². The molecule has 4 aromatic rings. The van der Waals surface area contributed by atoms with Gasteiger partial charge in [-0.15, -0.1) is 0 Å². The van der Waals surface area contributed by atoms with Crippen molar-refractivity contribution in [2.24, 2.45) is 5.92 Å². The van der Waals surface area contributed by atoms with Crippen LogP contribution in [0.3, 0.4) is 0 Å². The van der Waals surface area contributed by atoms with Crippen molar-refractivity contribution in [2.75, 3.05) is 18.4 Å². The first-order valence-corrected chi connectivity index (χ1v) is 11.1. The normalized spacial score (nSPS) is 16.0. The molecule has 1 aromatic heterocycles. The summed E-state index contributed by atoms with van der Waals surface area (Å²) in [5.74, 6) is -1.38. The number of carbonyl (C=O) groups is 2. The number of aromatic nitrogens is 1. The van der Waals surface area contributed by atoms with Crippen molar-refractivity contribution >= 4 is 28.4 Å². The highest BCUT2D eigenvalue weighted by Crippen LogP contribution is 2.27. The topological polar surface area (TPSA) is 65.2 Å². The predicted octanol–water partition coefficient (Wildman–Crippen LogP) is 5.46. The smallest absolute Gasteiger partial charge is 0.256 e. The van der Waals surface area contributed by atoms with Crippen LogP contribution in [0.1, 0.15) is 23.2 Å². The highest BCUT2D eigenvalue weighted by Gasteiger charge is 2.30. The third-order valence-corrected chi connectivity index (χ3v) is 6.15. The van der Waals surface area contributed by atoms with Gasteiger partial charge < -0.3 is 15.2 Å². The molecule has 1 aliphatic rings. The van der Waals surface area contributed by atoms with Crippen LogP contribution in [0.4, 0.5) is 10.1 Å². The molecular weight excluding hydrogens is 417 g/mol. The molecule has 1 atom stereocenters. The van der Waals surface area contributed by atoms with Gasteiger partial charge in [-0.05, 0) is 49.2 Å². The number of amides is 2. The Hall–Kier alpha value is -3.93. The Balaban J connectivity index is 1.29. The first-order chi connectivity index (χ1) is 16.1. The minimum Gasteiger partial charge on any atom is -0.355 e. The lowest BCUT2D eigenvalue weighted by molar-refractivity contribution is -0.121. The van der Waals surface area contributed by atoms with E-state index in [1.807, 2.05) is 42.5 Å². The summed E-state index contributed by atoms with van der Waals surface area (Å²) in [4.78, 5) is 30.8. The molecule has 2 heterocycles. The zero-order chi connectivity index (χ0) is 22.8. The van der Waals surface area contributed by atoms with Crippen molar-refractivity contribution in [1.82, 2.24) is 9.88 Å². The number of halogens is 1. The van der Waals surface area contributed by atoms with Crippen LogP contribution in [0.5, 0.6) is 0 Å². The van der Waals surface area contributed by atoms with Gasteiger partial charge in [0.2, 0.25) is 5.91 Å². The Labute approximate surface area is 191 Å². The molecule has 0 saturated carbocycles. The molecular formula is C27H24FN3O2. The average Bonchev–Trinajstić information content (AvgIpc) is 3.29. The van der Waals surface area contributed by atoms with Crippen LogP contribution in [-0.2, 0) is 4.79 Å². The van der Waals surface area contributed by atoms with E-state index in [4.69, 9.17) is 0 Å². The van der Waals surface area contributed by atoms with Crippen molar-refractivity contribution in [3.8, 4) is 11.3 Å². The molecule has 33 heavy (non-hydrogen) atoms. The molecule has 1 aliphatic heterocycles. The Morgan fingerprint density at radius 1 is 0.970 bits per heavy atom. The summed E-state index contributed by atoms with van der Waals surface area (Å²) in [6.07, 6.45) is 1.39. The molecule has 3 aromatic carbocycles. The minimum atomic E-state index is -0.539. The zero-order valence-corrected chi connectivity index (χ0v) is 18.1. The second-order valence-corrected chi connectivity index (χ2v) is 8.41. The summed E-state index contributed by atoms with van der Waals surface area (Å²) in [6, 6.07) is 23.8. The van der Waals surface area contributed by atoms with E-state index in [1.54, 1.807) is 17.0 Å². The second-order valence-electron chi connectivity index (χ2n) is 8.41. The first kappa shape index (κ1) is 20.9. The van der Waals surface area contributed by atoms with E-state index in [0.717, 1.165) is 22.2 Å². The molecule has 5 rings (SSSR count). The number of rotatable bonds is 4. The number of carbonyl (C=O) groups excluding carboxylic acids is 2. The van der Waals surface area contributed by atoms with Crippen molar-refractivity contribution in [3.05, 3.63) is 90.2 Å². The summed E-state index contributed by atoms with van der Waals surface area (Å²) >= 11 is 0. The SMILES string of the molecule is O=C(Nc1cccc(-c2cc3ccccc3[nH]2)c1)[C@H]1CCCN(C(=O)c2ccccc2F)C1. The number of hydrogen-bond acceptors (Lipinski definition) is 2. The number of anilines is 1. The van der Waals surface area contributed by atoms with Gasteiger partial charge in [-0.2, -0.15) is 0 Å². The van der Waals surface area contributed by atoms with Gasteiger partial charge in [0, 0.05) is 40.9 Å². The number of H-pyrrole nitrogens is 1. The number of benzene rings is 3. The van der Waals surface area contributed by atoms with Crippen molar-refractivity contribution < 1.29 is 14.0 Å². The Morgan fingerprint density at radius 3 is 2.64 bits per heavy atom. The van der Waals surface area contributed by atoms with E-state index in [0.29, 0.717) is 25.1 Å². The molecule has 0 aliphatic carbocycles. The van der Waals surface area contributed by atoms with Crippen LogP contribution in [0.15, 0.2) is 78.9 Å². The minimum absolute atomic E-state index is 0.0459. The maximum Gasteiger partial charge on any atom is 0.256 e.